The standard InChI is InChI=1S/C7H15BrO/c1-2-7(9)5-3-4-6-8/h7,9H,2-6H2,1H3. The highest BCUT2D eigenvalue weighted by atomic mass is 79.9. The Morgan fingerprint density at radius 2 is 2.11 bits per heavy atom. The molecule has 0 aliphatic rings. The Hall–Kier alpha value is 0.440. The minimum Gasteiger partial charge on any atom is -0.393 e. The molecule has 9 heavy (non-hydrogen) atoms. The second-order valence-corrected chi connectivity index (χ2v) is 3.04. The van der Waals surface area contributed by atoms with Crippen LogP contribution in [0.5, 0.6) is 0 Å². The van der Waals surface area contributed by atoms with Crippen LogP contribution in [0.4, 0.5) is 0 Å². The van der Waals surface area contributed by atoms with Gasteiger partial charge in [0.05, 0.1) is 6.10 Å². The second kappa shape index (κ2) is 6.56. The molecule has 0 bridgehead atoms. The molecule has 0 amide bonds. The fourth-order valence-corrected chi connectivity index (χ4v) is 1.08. The number of alkyl halides is 1. The van der Waals surface area contributed by atoms with Gasteiger partial charge in [-0.15, -0.1) is 0 Å². The lowest BCUT2D eigenvalue weighted by molar-refractivity contribution is 0.157. The molecule has 2 heteroatoms. The number of hydrogen-bond donors (Lipinski definition) is 1. The quantitative estimate of drug-likeness (QED) is 0.527. The van der Waals surface area contributed by atoms with Crippen molar-refractivity contribution in [2.75, 3.05) is 5.33 Å². The zero-order chi connectivity index (χ0) is 7.11. The number of unbranched alkanes of at least 4 members (excludes halogenated alkanes) is 1. The van der Waals surface area contributed by atoms with Crippen LogP contribution in [-0.4, -0.2) is 16.5 Å². The Bertz CT molecular complexity index is 56.9. The van der Waals surface area contributed by atoms with Gasteiger partial charge < -0.3 is 5.11 Å². The van der Waals surface area contributed by atoms with Gasteiger partial charge in [0.15, 0.2) is 0 Å². The number of rotatable bonds is 5. The molecule has 56 valence electrons. The third-order valence-corrected chi connectivity index (χ3v) is 1.95. The first-order chi connectivity index (χ1) is 4.31. The monoisotopic (exact) mass is 194 g/mol. The van der Waals surface area contributed by atoms with Gasteiger partial charge in [-0.1, -0.05) is 29.3 Å². The van der Waals surface area contributed by atoms with Gasteiger partial charge in [0, 0.05) is 5.33 Å². The molecule has 0 spiro atoms. The summed E-state index contributed by atoms with van der Waals surface area (Å²) in [5.41, 5.74) is 0. The highest BCUT2D eigenvalue weighted by Crippen LogP contribution is 2.04. The lowest BCUT2D eigenvalue weighted by Crippen LogP contribution is -2.03. The second-order valence-electron chi connectivity index (χ2n) is 2.25. The van der Waals surface area contributed by atoms with Crippen LogP contribution < -0.4 is 0 Å². The van der Waals surface area contributed by atoms with E-state index in [1.54, 1.807) is 0 Å². The molecule has 0 heterocycles. The SMILES string of the molecule is CCC(O)CCCCBr. The lowest BCUT2D eigenvalue weighted by Gasteiger charge is -2.04. The van der Waals surface area contributed by atoms with Crippen molar-refractivity contribution in [3.63, 3.8) is 0 Å². The fourth-order valence-electron chi connectivity index (χ4n) is 0.679. The van der Waals surface area contributed by atoms with E-state index in [1.807, 2.05) is 6.92 Å². The molecule has 0 aromatic carbocycles. The summed E-state index contributed by atoms with van der Waals surface area (Å²) < 4.78 is 0. The molecule has 0 rings (SSSR count). The summed E-state index contributed by atoms with van der Waals surface area (Å²) in [5.74, 6) is 0. The van der Waals surface area contributed by atoms with Crippen molar-refractivity contribution in [3.05, 3.63) is 0 Å². The van der Waals surface area contributed by atoms with Gasteiger partial charge in [-0.05, 0) is 19.3 Å². The summed E-state index contributed by atoms with van der Waals surface area (Å²) in [7, 11) is 0. The highest BCUT2D eigenvalue weighted by molar-refractivity contribution is 9.09. The average molecular weight is 195 g/mol. The molecule has 0 fully saturated rings. The predicted octanol–water partition coefficient (Wildman–Crippen LogP) is 2.32. The Balaban J connectivity index is 2.88. The topological polar surface area (TPSA) is 20.2 Å². The Morgan fingerprint density at radius 3 is 2.56 bits per heavy atom. The molecule has 1 N–H and O–H groups in total. The van der Waals surface area contributed by atoms with E-state index < -0.39 is 0 Å². The van der Waals surface area contributed by atoms with Crippen molar-refractivity contribution < 1.29 is 5.11 Å². The van der Waals surface area contributed by atoms with Crippen LogP contribution in [0.25, 0.3) is 0 Å². The summed E-state index contributed by atoms with van der Waals surface area (Å²) in [5, 5.41) is 10.1. The lowest BCUT2D eigenvalue weighted by atomic mass is 10.1. The largest absolute Gasteiger partial charge is 0.393 e. The summed E-state index contributed by atoms with van der Waals surface area (Å²) >= 11 is 3.34. The molecule has 1 unspecified atom stereocenters. The van der Waals surface area contributed by atoms with Crippen molar-refractivity contribution in [1.82, 2.24) is 0 Å². The normalized spacial score (nSPS) is 13.7. The molecule has 0 saturated heterocycles. The van der Waals surface area contributed by atoms with Crippen LogP contribution in [0.3, 0.4) is 0 Å². The number of aliphatic hydroxyl groups excluding tert-OH is 1. The average Bonchev–Trinajstić information content (AvgIpc) is 1.89. The van der Waals surface area contributed by atoms with Gasteiger partial charge in [0.25, 0.3) is 0 Å². The van der Waals surface area contributed by atoms with Crippen molar-refractivity contribution >= 4 is 15.9 Å². The van der Waals surface area contributed by atoms with Crippen LogP contribution >= 0.6 is 15.9 Å². The summed E-state index contributed by atoms with van der Waals surface area (Å²) in [4.78, 5) is 0. The molecular formula is C7H15BrO. The first-order valence-corrected chi connectivity index (χ1v) is 4.67. The highest BCUT2D eigenvalue weighted by Gasteiger charge is 1.97. The zero-order valence-electron chi connectivity index (χ0n) is 5.94. The zero-order valence-corrected chi connectivity index (χ0v) is 7.52. The minimum absolute atomic E-state index is 0.0657. The first kappa shape index (κ1) is 9.44. The third-order valence-electron chi connectivity index (χ3n) is 1.39. The minimum atomic E-state index is -0.0657. The van der Waals surface area contributed by atoms with Gasteiger partial charge >= 0.3 is 0 Å². The van der Waals surface area contributed by atoms with Gasteiger partial charge in [0.2, 0.25) is 0 Å². The van der Waals surface area contributed by atoms with E-state index in [0.29, 0.717) is 0 Å². The van der Waals surface area contributed by atoms with Crippen molar-refractivity contribution in [2.24, 2.45) is 0 Å². The smallest absolute Gasteiger partial charge is 0.0537 e. The fraction of sp³-hybridized carbons (Fsp3) is 1.00. The molecule has 0 aliphatic carbocycles. The van der Waals surface area contributed by atoms with Gasteiger partial charge in [0.1, 0.15) is 0 Å². The predicted molar refractivity (Wildman–Crippen MR) is 43.9 cm³/mol. The van der Waals surface area contributed by atoms with Crippen LogP contribution in [0.1, 0.15) is 32.6 Å². The van der Waals surface area contributed by atoms with Crippen molar-refractivity contribution in [2.45, 2.75) is 38.7 Å². The van der Waals surface area contributed by atoms with E-state index >= 15 is 0 Å². The van der Waals surface area contributed by atoms with E-state index in [1.165, 1.54) is 6.42 Å². The number of halogens is 1. The summed E-state index contributed by atoms with van der Waals surface area (Å²) in [6.07, 6.45) is 4.10. The van der Waals surface area contributed by atoms with Crippen molar-refractivity contribution in [3.8, 4) is 0 Å². The maximum absolute atomic E-state index is 9.07. The maximum atomic E-state index is 9.07. The van der Waals surface area contributed by atoms with Gasteiger partial charge in [-0.25, -0.2) is 0 Å². The van der Waals surface area contributed by atoms with Crippen LogP contribution in [0.15, 0.2) is 0 Å². The first-order valence-electron chi connectivity index (χ1n) is 3.55. The van der Waals surface area contributed by atoms with Crippen LogP contribution in [0.2, 0.25) is 0 Å². The Morgan fingerprint density at radius 1 is 1.44 bits per heavy atom. The third kappa shape index (κ3) is 6.32. The number of aliphatic hydroxyl groups is 1. The van der Waals surface area contributed by atoms with E-state index in [-0.39, 0.29) is 6.10 Å². The van der Waals surface area contributed by atoms with Gasteiger partial charge in [-0.3, -0.25) is 0 Å². The molecule has 0 aromatic heterocycles. The molecule has 1 atom stereocenters. The molecular weight excluding hydrogens is 180 g/mol. The van der Waals surface area contributed by atoms with Gasteiger partial charge in [-0.2, -0.15) is 0 Å². The molecule has 1 nitrogen and oxygen atoms in total. The maximum Gasteiger partial charge on any atom is 0.0537 e. The summed E-state index contributed by atoms with van der Waals surface area (Å²) in [6, 6.07) is 0. The number of hydrogen-bond acceptors (Lipinski definition) is 1. The Kier molecular flexibility index (Phi) is 6.88. The van der Waals surface area contributed by atoms with Crippen molar-refractivity contribution in [1.29, 1.82) is 0 Å². The Labute approximate surface area is 65.6 Å². The molecule has 0 aromatic rings. The van der Waals surface area contributed by atoms with E-state index in [2.05, 4.69) is 15.9 Å². The van der Waals surface area contributed by atoms with Crippen LogP contribution in [-0.2, 0) is 0 Å². The molecule has 0 saturated carbocycles. The van der Waals surface area contributed by atoms with E-state index in [4.69, 9.17) is 5.11 Å². The molecule has 0 radical (unpaired) electrons. The van der Waals surface area contributed by atoms with E-state index in [9.17, 15) is 0 Å². The summed E-state index contributed by atoms with van der Waals surface area (Å²) in [6.45, 7) is 2.01. The van der Waals surface area contributed by atoms with E-state index in [0.717, 1.165) is 24.6 Å². The van der Waals surface area contributed by atoms with Crippen LogP contribution in [0, 0.1) is 0 Å². The molecule has 0 aliphatic heterocycles.